The third kappa shape index (κ3) is 3.80. The molecule has 0 aromatic heterocycles. The average Bonchev–Trinajstić information content (AvgIpc) is 3.65. The van der Waals surface area contributed by atoms with Crippen molar-refractivity contribution >= 4 is 34.2 Å². The zero-order valence-corrected chi connectivity index (χ0v) is 29.5. The van der Waals surface area contributed by atoms with Gasteiger partial charge < -0.3 is 39.9 Å². The number of likely N-dealkylation sites (N-methyl/N-ethyl adjacent to an activating group) is 2. The fraction of sp³-hybridized carbons (Fsp3) is 0.421. The number of hydrogen-bond donors (Lipinski definition) is 4. The smallest absolute Gasteiger partial charge is 0.166 e. The number of allylic oxidation sites excluding steroid dienone is 2. The van der Waals surface area contributed by atoms with Gasteiger partial charge in [0, 0.05) is 33.0 Å². The van der Waals surface area contributed by atoms with Gasteiger partial charge in [-0.2, -0.15) is 0 Å². The highest BCUT2D eigenvalue weighted by atomic mass is 33.1. The van der Waals surface area contributed by atoms with Gasteiger partial charge in [-0.05, 0) is 99.4 Å². The molecule has 8 aliphatic rings. The lowest BCUT2D eigenvalue weighted by Crippen LogP contribution is -2.59. The molecular formula is C38H38N4O6S2. The molecule has 0 unspecified atom stereocenters. The summed E-state index contributed by atoms with van der Waals surface area (Å²) in [7, 11) is 7.59. The summed E-state index contributed by atoms with van der Waals surface area (Å²) in [6.45, 7) is 2.08. The van der Waals surface area contributed by atoms with Crippen molar-refractivity contribution in [3.05, 3.63) is 91.0 Å². The molecule has 4 N–H and O–H groups in total. The second-order valence-electron chi connectivity index (χ2n) is 14.8. The van der Waals surface area contributed by atoms with Crippen LogP contribution >= 0.6 is 21.6 Å². The number of benzene rings is 2. The average molecular weight is 711 g/mol. The molecule has 2 aromatic rings. The lowest BCUT2D eigenvalue weighted by Gasteiger charge is -2.54. The summed E-state index contributed by atoms with van der Waals surface area (Å²) in [4.78, 5) is 30.4. The number of carbonyl (C=O) groups is 2. The van der Waals surface area contributed by atoms with E-state index >= 15 is 0 Å². The van der Waals surface area contributed by atoms with Gasteiger partial charge >= 0.3 is 0 Å². The minimum absolute atomic E-state index is 0.136. The highest BCUT2D eigenvalue weighted by Crippen LogP contribution is 2.66. The van der Waals surface area contributed by atoms with E-state index in [1.165, 1.54) is 22.3 Å². The van der Waals surface area contributed by atoms with E-state index in [9.17, 15) is 19.8 Å². The lowest BCUT2D eigenvalue weighted by atomic mass is 9.57. The van der Waals surface area contributed by atoms with Crippen molar-refractivity contribution in [2.75, 3.05) is 40.3 Å². The summed E-state index contributed by atoms with van der Waals surface area (Å²) in [5, 5.41) is 28.9. The molecule has 2 spiro atoms. The first-order valence-corrected chi connectivity index (χ1v) is 19.5. The Morgan fingerprint density at radius 1 is 0.760 bits per heavy atom. The largest absolute Gasteiger partial charge is 0.504 e. The molecule has 0 saturated carbocycles. The van der Waals surface area contributed by atoms with Crippen LogP contribution < -0.4 is 20.1 Å². The molecule has 2 saturated heterocycles. The number of rotatable bonds is 9. The molecule has 50 heavy (non-hydrogen) atoms. The predicted molar refractivity (Wildman–Crippen MR) is 191 cm³/mol. The van der Waals surface area contributed by atoms with Crippen molar-refractivity contribution in [1.82, 2.24) is 20.4 Å². The third-order valence-electron chi connectivity index (χ3n) is 12.7. The predicted octanol–water partition coefficient (Wildman–Crippen LogP) is 3.58. The van der Waals surface area contributed by atoms with Gasteiger partial charge in [0.25, 0.3) is 0 Å². The molecule has 0 radical (unpaired) electrons. The maximum atomic E-state index is 11.8. The van der Waals surface area contributed by atoms with E-state index in [1.807, 2.05) is 12.1 Å². The zero-order chi connectivity index (χ0) is 34.1. The molecule has 6 atom stereocenters. The van der Waals surface area contributed by atoms with Crippen LogP contribution in [0.3, 0.4) is 0 Å². The summed E-state index contributed by atoms with van der Waals surface area (Å²) >= 11 is 0. The number of piperidine rings is 2. The normalized spacial score (nSPS) is 32.4. The molecular weight excluding hydrogens is 673 g/mol. The second kappa shape index (κ2) is 10.8. The van der Waals surface area contributed by atoms with E-state index in [1.54, 1.807) is 33.7 Å². The Kier molecular flexibility index (Phi) is 6.70. The molecule has 2 aromatic carbocycles. The summed E-state index contributed by atoms with van der Waals surface area (Å²) in [6, 6.07) is 7.96. The highest BCUT2D eigenvalue weighted by molar-refractivity contribution is 8.79. The Morgan fingerprint density at radius 2 is 1.20 bits per heavy atom. The monoisotopic (exact) mass is 710 g/mol. The van der Waals surface area contributed by atoms with Crippen molar-refractivity contribution in [3.63, 3.8) is 0 Å². The molecule has 4 bridgehead atoms. The fourth-order valence-corrected chi connectivity index (χ4v) is 13.0. The van der Waals surface area contributed by atoms with Crippen LogP contribution in [0.2, 0.25) is 0 Å². The number of phenolic OH excluding ortho intramolecular Hbond substituents is 2. The van der Waals surface area contributed by atoms with Crippen molar-refractivity contribution in [2.45, 2.75) is 60.8 Å². The number of nitrogens with one attached hydrogen (secondary N) is 2. The van der Waals surface area contributed by atoms with Gasteiger partial charge in [0.2, 0.25) is 0 Å². The van der Waals surface area contributed by atoms with E-state index in [4.69, 9.17) is 9.47 Å². The molecule has 0 amide bonds. The van der Waals surface area contributed by atoms with Crippen LogP contribution in [0.5, 0.6) is 23.0 Å². The van der Waals surface area contributed by atoms with Crippen molar-refractivity contribution < 1.29 is 29.3 Å². The second-order valence-corrected chi connectivity index (χ2v) is 17.0. The van der Waals surface area contributed by atoms with Gasteiger partial charge in [-0.1, -0.05) is 33.7 Å². The number of carbonyl (C=O) groups excluding carboxylic acids is 2. The number of nitrogens with zero attached hydrogens (tertiary/aromatic N) is 2. The van der Waals surface area contributed by atoms with E-state index in [-0.39, 0.29) is 36.7 Å². The molecule has 258 valence electrons. The van der Waals surface area contributed by atoms with Gasteiger partial charge in [-0.3, -0.25) is 9.80 Å². The molecule has 4 heterocycles. The standard InChI is InChI=1S/C38H38N4O6S2/c1-41-11-7-37-21-17-27(31(39-9-13-43)35(37)47-33-25(45)5-3-19(29(33)37)15-23(21)41)49-50-28-18-22-24-16-20-4-6-26(46)34-30(20)38(22,8-12-42(24)2)36(48-34)32(28)40-10-14-44/h3-6,13-14,17-18,23-24,35-36,39-40,45-46H,7-12,15-16H2,1-2H3/t23-,24-,35+,36+,37+,38+/m1/s1. The summed E-state index contributed by atoms with van der Waals surface area (Å²) in [5.41, 5.74) is 8.07. The molecule has 4 aliphatic carbocycles. The van der Waals surface area contributed by atoms with Crippen LogP contribution in [-0.4, -0.2) is 97.2 Å². The first-order chi connectivity index (χ1) is 24.3. The minimum atomic E-state index is -0.415. The van der Waals surface area contributed by atoms with Crippen LogP contribution in [-0.2, 0) is 33.3 Å². The lowest BCUT2D eigenvalue weighted by molar-refractivity contribution is -0.107. The van der Waals surface area contributed by atoms with Crippen LogP contribution in [0, 0.1) is 0 Å². The SMILES string of the molecule is CN1CC[C@@]23C4=CC(SSC5=C(NCC=O)[C@@H]6Oc7c(O)ccc8c7[C@@]67CCN(C)[C@H](C8)C7=C5)=C(NCC=O)[C@@H]2Oc2c(O)ccc(c23)C[C@H]41. The van der Waals surface area contributed by atoms with E-state index in [2.05, 4.69) is 46.7 Å². The number of hydrogen-bond acceptors (Lipinski definition) is 12. The Morgan fingerprint density at radius 3 is 1.62 bits per heavy atom. The maximum Gasteiger partial charge on any atom is 0.166 e. The molecule has 2 fully saturated rings. The Bertz CT molecular complexity index is 1900. The topological polar surface area (TPSA) is 124 Å². The number of phenols is 2. The number of likely N-dealkylation sites (tertiary alicyclic amines) is 2. The molecule has 10 nitrogen and oxygen atoms in total. The van der Waals surface area contributed by atoms with Crippen molar-refractivity contribution in [2.24, 2.45) is 0 Å². The van der Waals surface area contributed by atoms with Gasteiger partial charge in [-0.15, -0.1) is 0 Å². The van der Waals surface area contributed by atoms with Gasteiger partial charge in [0.1, 0.15) is 12.6 Å². The number of aromatic hydroxyl groups is 2. The Balaban J connectivity index is 1.09. The van der Waals surface area contributed by atoms with Crippen molar-refractivity contribution in [3.8, 4) is 23.0 Å². The third-order valence-corrected chi connectivity index (χ3v) is 15.1. The fourth-order valence-electron chi connectivity index (χ4n) is 10.6. The zero-order valence-electron chi connectivity index (χ0n) is 27.8. The number of aldehydes is 2. The summed E-state index contributed by atoms with van der Waals surface area (Å²) in [6.07, 6.45) is 8.92. The van der Waals surface area contributed by atoms with Gasteiger partial charge in [-0.25, -0.2) is 0 Å². The van der Waals surface area contributed by atoms with Gasteiger partial charge in [0.15, 0.2) is 35.2 Å². The maximum absolute atomic E-state index is 11.8. The van der Waals surface area contributed by atoms with Crippen molar-refractivity contribution in [1.29, 1.82) is 0 Å². The van der Waals surface area contributed by atoms with Crippen LogP contribution in [0.25, 0.3) is 0 Å². The highest BCUT2D eigenvalue weighted by Gasteiger charge is 2.64. The van der Waals surface area contributed by atoms with Crippen LogP contribution in [0.15, 0.2) is 68.8 Å². The Hall–Kier alpha value is -3.84. The molecule has 12 heteroatoms. The number of ether oxygens (including phenoxy) is 2. The first kappa shape index (κ1) is 30.9. The van der Waals surface area contributed by atoms with E-state index < -0.39 is 23.0 Å². The van der Waals surface area contributed by atoms with Gasteiger partial charge in [0.05, 0.1) is 35.3 Å². The Labute approximate surface area is 298 Å². The first-order valence-electron chi connectivity index (χ1n) is 17.4. The summed E-state index contributed by atoms with van der Waals surface area (Å²) < 4.78 is 13.5. The van der Waals surface area contributed by atoms with E-state index in [0.717, 1.165) is 83.7 Å². The van der Waals surface area contributed by atoms with Crippen LogP contribution in [0.4, 0.5) is 0 Å². The minimum Gasteiger partial charge on any atom is -0.504 e. The molecule has 4 aliphatic heterocycles. The quantitative estimate of drug-likeness (QED) is 0.225. The van der Waals surface area contributed by atoms with E-state index in [0.29, 0.717) is 11.5 Å². The van der Waals surface area contributed by atoms with Crippen LogP contribution in [0.1, 0.15) is 35.1 Å². The summed E-state index contributed by atoms with van der Waals surface area (Å²) in [5.74, 6) is 1.42. The molecule has 10 rings (SSSR count).